The Morgan fingerprint density at radius 2 is 2.09 bits per heavy atom. The highest BCUT2D eigenvalue weighted by atomic mass is 127. The molecule has 56 valence electrons. The van der Waals surface area contributed by atoms with Gasteiger partial charge >= 0.3 is 0 Å². The lowest BCUT2D eigenvalue weighted by Gasteiger charge is -1.88. The van der Waals surface area contributed by atoms with Crippen LogP contribution in [-0.4, -0.2) is 5.11 Å². The second-order valence-corrected chi connectivity index (χ2v) is 3.34. The van der Waals surface area contributed by atoms with Crippen molar-refractivity contribution in [1.82, 2.24) is 0 Å². The fraction of sp³-hybridized carbons (Fsp3) is 0. The van der Waals surface area contributed by atoms with Crippen LogP contribution in [0.5, 0.6) is 5.75 Å². The molecule has 0 saturated heterocycles. The average Bonchev–Trinajstić information content (AvgIpc) is 2.27. The molecule has 1 N–H and O–H groups in total. The van der Waals surface area contributed by atoms with E-state index in [0.717, 1.165) is 14.7 Å². The summed E-state index contributed by atoms with van der Waals surface area (Å²) in [6.07, 6.45) is 0. The Morgan fingerprint density at radius 3 is 2.91 bits per heavy atom. The number of benzene rings is 1. The average molecular weight is 260 g/mol. The molecule has 0 fully saturated rings. The molecular formula is C8H5IO2. The van der Waals surface area contributed by atoms with Crippen LogP contribution in [0.25, 0.3) is 11.0 Å². The molecule has 0 atom stereocenters. The first-order valence-electron chi connectivity index (χ1n) is 3.14. The number of hydrogen-bond acceptors (Lipinski definition) is 2. The number of fused-ring (bicyclic) bond motifs is 1. The van der Waals surface area contributed by atoms with E-state index >= 15 is 0 Å². The Balaban J connectivity index is 2.82. The standard InChI is InChI=1S/C8H5IO2/c9-8-3-5-1-2-6(10)4-7(5)11-8/h1-4,10H. The Bertz CT molecular complexity index is 392. The van der Waals surface area contributed by atoms with Crippen LogP contribution in [0.1, 0.15) is 0 Å². The van der Waals surface area contributed by atoms with E-state index in [9.17, 15) is 0 Å². The molecule has 1 heterocycles. The summed E-state index contributed by atoms with van der Waals surface area (Å²) in [5.74, 6) is 0.239. The zero-order valence-corrected chi connectivity index (χ0v) is 7.70. The first kappa shape index (κ1) is 6.97. The van der Waals surface area contributed by atoms with Gasteiger partial charge in [-0.1, -0.05) is 0 Å². The first-order valence-corrected chi connectivity index (χ1v) is 4.21. The van der Waals surface area contributed by atoms with E-state index < -0.39 is 0 Å². The van der Waals surface area contributed by atoms with E-state index in [-0.39, 0.29) is 5.75 Å². The molecule has 0 saturated carbocycles. The summed E-state index contributed by atoms with van der Waals surface area (Å²) in [7, 11) is 0. The molecule has 0 aliphatic heterocycles. The van der Waals surface area contributed by atoms with Crippen molar-refractivity contribution in [3.8, 4) is 5.75 Å². The minimum Gasteiger partial charge on any atom is -0.508 e. The van der Waals surface area contributed by atoms with Gasteiger partial charge in [0.05, 0.1) is 0 Å². The van der Waals surface area contributed by atoms with Crippen molar-refractivity contribution in [3.05, 3.63) is 28.0 Å². The number of phenolic OH excluding ortho intramolecular Hbond substituents is 1. The van der Waals surface area contributed by atoms with E-state index in [1.165, 1.54) is 0 Å². The number of rotatable bonds is 0. The fourth-order valence-corrected chi connectivity index (χ4v) is 1.56. The van der Waals surface area contributed by atoms with Crippen molar-refractivity contribution in [2.24, 2.45) is 0 Å². The van der Waals surface area contributed by atoms with E-state index in [1.807, 2.05) is 12.1 Å². The fourth-order valence-electron chi connectivity index (χ4n) is 0.987. The second kappa shape index (κ2) is 2.41. The van der Waals surface area contributed by atoms with Gasteiger partial charge in [-0.25, -0.2) is 0 Å². The highest BCUT2D eigenvalue weighted by Gasteiger charge is 2.00. The maximum absolute atomic E-state index is 9.08. The quantitative estimate of drug-likeness (QED) is 0.739. The SMILES string of the molecule is Oc1ccc2cc(I)oc2c1. The number of hydrogen-bond donors (Lipinski definition) is 1. The van der Waals surface area contributed by atoms with Gasteiger partial charge in [0.15, 0.2) is 3.77 Å². The molecule has 3 heteroatoms. The third kappa shape index (κ3) is 1.20. The Morgan fingerprint density at radius 1 is 1.27 bits per heavy atom. The molecule has 0 amide bonds. The lowest BCUT2D eigenvalue weighted by Crippen LogP contribution is -1.62. The maximum atomic E-state index is 9.08. The van der Waals surface area contributed by atoms with Crippen LogP contribution in [0.3, 0.4) is 0 Å². The molecule has 1 aromatic carbocycles. The van der Waals surface area contributed by atoms with Crippen LogP contribution in [0.15, 0.2) is 28.7 Å². The van der Waals surface area contributed by atoms with Gasteiger partial charge in [0, 0.05) is 11.5 Å². The second-order valence-electron chi connectivity index (χ2n) is 2.27. The normalized spacial score (nSPS) is 10.6. The molecule has 0 bridgehead atoms. The highest BCUT2D eigenvalue weighted by Crippen LogP contribution is 2.23. The van der Waals surface area contributed by atoms with Gasteiger partial charge in [-0.05, 0) is 40.8 Å². The van der Waals surface area contributed by atoms with Gasteiger partial charge in [-0.15, -0.1) is 0 Å². The van der Waals surface area contributed by atoms with Gasteiger partial charge in [0.2, 0.25) is 0 Å². The summed E-state index contributed by atoms with van der Waals surface area (Å²) >= 11 is 2.10. The van der Waals surface area contributed by atoms with Gasteiger partial charge < -0.3 is 9.52 Å². The third-order valence-corrected chi connectivity index (χ3v) is 2.01. The predicted molar refractivity (Wildman–Crippen MR) is 50.6 cm³/mol. The van der Waals surface area contributed by atoms with Crippen molar-refractivity contribution in [3.63, 3.8) is 0 Å². The summed E-state index contributed by atoms with van der Waals surface area (Å²) < 4.78 is 6.11. The Labute approximate surface area is 77.0 Å². The zero-order chi connectivity index (χ0) is 7.84. The summed E-state index contributed by atoms with van der Waals surface area (Å²) in [4.78, 5) is 0. The van der Waals surface area contributed by atoms with E-state index in [2.05, 4.69) is 22.6 Å². The minimum absolute atomic E-state index is 0.239. The Hall–Kier alpha value is -0.710. The van der Waals surface area contributed by atoms with Crippen LogP contribution in [0.2, 0.25) is 0 Å². The van der Waals surface area contributed by atoms with Crippen LogP contribution < -0.4 is 0 Å². The number of halogens is 1. The molecule has 2 rings (SSSR count). The number of furan rings is 1. The molecule has 1 aromatic heterocycles. The smallest absolute Gasteiger partial charge is 0.165 e. The van der Waals surface area contributed by atoms with E-state index in [0.29, 0.717) is 0 Å². The molecule has 2 aromatic rings. The van der Waals surface area contributed by atoms with Crippen molar-refractivity contribution < 1.29 is 9.52 Å². The summed E-state index contributed by atoms with van der Waals surface area (Å²) in [5.41, 5.74) is 0.731. The molecule has 0 aliphatic rings. The minimum atomic E-state index is 0.239. The van der Waals surface area contributed by atoms with E-state index in [4.69, 9.17) is 9.52 Å². The van der Waals surface area contributed by atoms with Crippen molar-refractivity contribution in [2.45, 2.75) is 0 Å². The van der Waals surface area contributed by atoms with Gasteiger partial charge in [0.1, 0.15) is 11.3 Å². The molecule has 0 spiro atoms. The van der Waals surface area contributed by atoms with Gasteiger partial charge in [-0.3, -0.25) is 0 Å². The topological polar surface area (TPSA) is 33.4 Å². The van der Waals surface area contributed by atoms with Gasteiger partial charge in [0.25, 0.3) is 0 Å². The molecule has 2 nitrogen and oxygen atoms in total. The third-order valence-electron chi connectivity index (χ3n) is 1.47. The van der Waals surface area contributed by atoms with E-state index in [1.54, 1.807) is 12.1 Å². The maximum Gasteiger partial charge on any atom is 0.165 e. The first-order chi connectivity index (χ1) is 5.25. The molecule has 0 radical (unpaired) electrons. The molecule has 0 unspecified atom stereocenters. The lowest BCUT2D eigenvalue weighted by atomic mass is 10.2. The lowest BCUT2D eigenvalue weighted by molar-refractivity contribution is 0.474. The molecule has 11 heavy (non-hydrogen) atoms. The van der Waals surface area contributed by atoms with Crippen molar-refractivity contribution in [1.29, 1.82) is 0 Å². The van der Waals surface area contributed by atoms with Gasteiger partial charge in [-0.2, -0.15) is 0 Å². The van der Waals surface area contributed by atoms with Crippen LogP contribution in [-0.2, 0) is 0 Å². The van der Waals surface area contributed by atoms with Crippen molar-refractivity contribution in [2.75, 3.05) is 0 Å². The largest absolute Gasteiger partial charge is 0.508 e. The summed E-state index contributed by atoms with van der Waals surface area (Å²) in [6, 6.07) is 7.01. The van der Waals surface area contributed by atoms with Crippen LogP contribution >= 0.6 is 22.6 Å². The molecular weight excluding hydrogens is 255 g/mol. The Kier molecular flexibility index (Phi) is 1.52. The monoisotopic (exact) mass is 260 g/mol. The van der Waals surface area contributed by atoms with Crippen LogP contribution in [0, 0.1) is 3.77 Å². The number of phenols is 1. The van der Waals surface area contributed by atoms with Crippen LogP contribution in [0.4, 0.5) is 0 Å². The van der Waals surface area contributed by atoms with Crippen molar-refractivity contribution >= 4 is 33.6 Å². The zero-order valence-electron chi connectivity index (χ0n) is 5.54. The summed E-state index contributed by atoms with van der Waals surface area (Å²) in [6.45, 7) is 0. The summed E-state index contributed by atoms with van der Waals surface area (Å²) in [5, 5.41) is 10.1. The number of aromatic hydroxyl groups is 1. The predicted octanol–water partition coefficient (Wildman–Crippen LogP) is 2.74. The molecule has 0 aliphatic carbocycles. The highest BCUT2D eigenvalue weighted by molar-refractivity contribution is 14.1.